The lowest BCUT2D eigenvalue weighted by atomic mass is 10.3. The van der Waals surface area contributed by atoms with Gasteiger partial charge in [-0.2, -0.15) is 0 Å². The summed E-state index contributed by atoms with van der Waals surface area (Å²) in [5.74, 6) is 2.46. The molecule has 3 heteroatoms. The lowest BCUT2D eigenvalue weighted by molar-refractivity contribution is -0.129. The van der Waals surface area contributed by atoms with Gasteiger partial charge < -0.3 is 10.2 Å². The molecule has 0 unspecified atom stereocenters. The summed E-state index contributed by atoms with van der Waals surface area (Å²) >= 11 is 0. The fourth-order valence-corrected chi connectivity index (χ4v) is 1.29. The Bertz CT molecular complexity index is 187. The van der Waals surface area contributed by atoms with Gasteiger partial charge in [-0.25, -0.2) is 0 Å². The van der Waals surface area contributed by atoms with Gasteiger partial charge in [0.1, 0.15) is 0 Å². The van der Waals surface area contributed by atoms with E-state index in [1.54, 1.807) is 0 Å². The fourth-order valence-electron chi connectivity index (χ4n) is 1.29. The summed E-state index contributed by atoms with van der Waals surface area (Å²) in [5, 5.41) is 3.23. The molecule has 1 N–H and O–H groups in total. The van der Waals surface area contributed by atoms with Crippen molar-refractivity contribution in [2.75, 3.05) is 26.2 Å². The summed E-state index contributed by atoms with van der Waals surface area (Å²) in [6, 6.07) is 0. The number of amides is 1. The van der Waals surface area contributed by atoms with Crippen LogP contribution >= 0.6 is 0 Å². The molecule has 0 bridgehead atoms. The second kappa shape index (κ2) is 4.78. The minimum absolute atomic E-state index is 0.0844. The molecule has 0 aromatic carbocycles. The SMILES string of the molecule is C#CCC(=O)N1CCCNCC1. The molecule has 0 radical (unpaired) electrons. The van der Waals surface area contributed by atoms with E-state index in [4.69, 9.17) is 6.42 Å². The molecule has 0 spiro atoms. The van der Waals surface area contributed by atoms with E-state index >= 15 is 0 Å². The first kappa shape index (κ1) is 9.08. The molecule has 0 aromatic rings. The van der Waals surface area contributed by atoms with Gasteiger partial charge in [0.05, 0.1) is 6.42 Å². The van der Waals surface area contributed by atoms with Gasteiger partial charge in [0.25, 0.3) is 0 Å². The van der Waals surface area contributed by atoms with Gasteiger partial charge in [0.15, 0.2) is 0 Å². The van der Waals surface area contributed by atoms with Crippen LogP contribution in [0.5, 0.6) is 0 Å². The Labute approximate surface area is 73.1 Å². The lowest BCUT2D eigenvalue weighted by Gasteiger charge is -2.18. The fraction of sp³-hybridized carbons (Fsp3) is 0.667. The number of hydrogen-bond donors (Lipinski definition) is 1. The second-order valence-corrected chi connectivity index (χ2v) is 2.87. The van der Waals surface area contributed by atoms with Gasteiger partial charge in [-0.15, -0.1) is 6.42 Å². The van der Waals surface area contributed by atoms with Crippen molar-refractivity contribution >= 4 is 5.91 Å². The second-order valence-electron chi connectivity index (χ2n) is 2.87. The van der Waals surface area contributed by atoms with Crippen molar-refractivity contribution in [1.82, 2.24) is 10.2 Å². The quantitative estimate of drug-likeness (QED) is 0.549. The topological polar surface area (TPSA) is 32.3 Å². The van der Waals surface area contributed by atoms with Crippen molar-refractivity contribution in [2.24, 2.45) is 0 Å². The minimum Gasteiger partial charge on any atom is -0.341 e. The summed E-state index contributed by atoms with van der Waals surface area (Å²) in [7, 11) is 0. The van der Waals surface area contributed by atoms with Crippen LogP contribution in [0.4, 0.5) is 0 Å². The van der Waals surface area contributed by atoms with Crippen molar-refractivity contribution in [1.29, 1.82) is 0 Å². The van der Waals surface area contributed by atoms with Gasteiger partial charge >= 0.3 is 0 Å². The van der Waals surface area contributed by atoms with Crippen molar-refractivity contribution in [3.8, 4) is 12.3 Å². The predicted molar refractivity (Wildman–Crippen MR) is 47.5 cm³/mol. The van der Waals surface area contributed by atoms with Crippen LogP contribution in [0.15, 0.2) is 0 Å². The number of nitrogens with one attached hydrogen (secondary N) is 1. The number of terminal acetylenes is 1. The zero-order chi connectivity index (χ0) is 8.81. The van der Waals surface area contributed by atoms with Gasteiger partial charge in [-0.1, -0.05) is 5.92 Å². The Morgan fingerprint density at radius 3 is 3.08 bits per heavy atom. The highest BCUT2D eigenvalue weighted by molar-refractivity contribution is 5.78. The van der Waals surface area contributed by atoms with Crippen LogP contribution < -0.4 is 5.32 Å². The molecule has 0 aliphatic carbocycles. The largest absolute Gasteiger partial charge is 0.341 e. The molecule has 0 atom stereocenters. The molecule has 0 saturated carbocycles. The van der Waals surface area contributed by atoms with Crippen molar-refractivity contribution < 1.29 is 4.79 Å². The van der Waals surface area contributed by atoms with Gasteiger partial charge in [0, 0.05) is 19.6 Å². The molecule has 66 valence electrons. The van der Waals surface area contributed by atoms with Gasteiger partial charge in [0.2, 0.25) is 5.91 Å². The molecule has 1 aliphatic heterocycles. The Hall–Kier alpha value is -1.01. The molecule has 1 rings (SSSR count). The standard InChI is InChI=1S/C9H14N2O/c1-2-4-9(12)11-7-3-5-10-6-8-11/h1,10H,3-8H2. The van der Waals surface area contributed by atoms with Crippen molar-refractivity contribution in [3.05, 3.63) is 0 Å². The highest BCUT2D eigenvalue weighted by Crippen LogP contribution is 1.97. The van der Waals surface area contributed by atoms with Crippen LogP contribution in [-0.4, -0.2) is 37.0 Å². The summed E-state index contributed by atoms with van der Waals surface area (Å²) in [6.07, 6.45) is 6.32. The third-order valence-electron chi connectivity index (χ3n) is 1.95. The van der Waals surface area contributed by atoms with Crippen LogP contribution in [0.1, 0.15) is 12.8 Å². The maximum absolute atomic E-state index is 11.3. The molecule has 0 aromatic heterocycles. The normalized spacial score (nSPS) is 18.1. The van der Waals surface area contributed by atoms with E-state index < -0.39 is 0 Å². The van der Waals surface area contributed by atoms with E-state index in [2.05, 4.69) is 11.2 Å². The number of nitrogens with zero attached hydrogens (tertiary/aromatic N) is 1. The third-order valence-corrected chi connectivity index (χ3v) is 1.95. The van der Waals surface area contributed by atoms with Crippen LogP contribution in [0.2, 0.25) is 0 Å². The summed E-state index contributed by atoms with van der Waals surface area (Å²) in [5.41, 5.74) is 0. The Balaban J connectivity index is 2.38. The van der Waals surface area contributed by atoms with E-state index in [9.17, 15) is 4.79 Å². The average Bonchev–Trinajstić information content (AvgIpc) is 2.32. The number of hydrogen-bond acceptors (Lipinski definition) is 2. The number of carbonyl (C=O) groups excluding carboxylic acids is 1. The highest BCUT2D eigenvalue weighted by Gasteiger charge is 2.13. The maximum Gasteiger partial charge on any atom is 0.234 e. The zero-order valence-electron chi connectivity index (χ0n) is 7.18. The Morgan fingerprint density at radius 2 is 2.33 bits per heavy atom. The monoisotopic (exact) mass is 166 g/mol. The highest BCUT2D eigenvalue weighted by atomic mass is 16.2. The zero-order valence-corrected chi connectivity index (χ0v) is 7.18. The van der Waals surface area contributed by atoms with E-state index in [-0.39, 0.29) is 12.3 Å². The first-order chi connectivity index (χ1) is 5.84. The molecule has 1 aliphatic rings. The van der Waals surface area contributed by atoms with E-state index in [0.717, 1.165) is 32.6 Å². The smallest absolute Gasteiger partial charge is 0.234 e. The van der Waals surface area contributed by atoms with Gasteiger partial charge in [-0.05, 0) is 13.0 Å². The van der Waals surface area contributed by atoms with Crippen LogP contribution in [0.3, 0.4) is 0 Å². The Morgan fingerprint density at radius 1 is 1.50 bits per heavy atom. The first-order valence-electron chi connectivity index (χ1n) is 4.26. The summed E-state index contributed by atoms with van der Waals surface area (Å²) < 4.78 is 0. The molecule has 1 amide bonds. The van der Waals surface area contributed by atoms with E-state index in [0.29, 0.717) is 0 Å². The van der Waals surface area contributed by atoms with Crippen LogP contribution in [0.25, 0.3) is 0 Å². The molecular formula is C9H14N2O. The average molecular weight is 166 g/mol. The van der Waals surface area contributed by atoms with Crippen LogP contribution in [-0.2, 0) is 4.79 Å². The van der Waals surface area contributed by atoms with Crippen molar-refractivity contribution in [3.63, 3.8) is 0 Å². The van der Waals surface area contributed by atoms with Crippen molar-refractivity contribution in [2.45, 2.75) is 12.8 Å². The molecule has 1 heterocycles. The molecule has 3 nitrogen and oxygen atoms in total. The lowest BCUT2D eigenvalue weighted by Crippen LogP contribution is -2.33. The Kier molecular flexibility index (Phi) is 3.62. The number of rotatable bonds is 1. The van der Waals surface area contributed by atoms with E-state index in [1.165, 1.54) is 0 Å². The van der Waals surface area contributed by atoms with Gasteiger partial charge in [-0.3, -0.25) is 4.79 Å². The maximum atomic E-state index is 11.3. The van der Waals surface area contributed by atoms with Crippen LogP contribution in [0, 0.1) is 12.3 Å². The molecule has 1 saturated heterocycles. The first-order valence-corrected chi connectivity index (χ1v) is 4.26. The third kappa shape index (κ3) is 2.55. The summed E-state index contributed by atoms with van der Waals surface area (Å²) in [6.45, 7) is 3.52. The predicted octanol–water partition coefficient (Wildman–Crippen LogP) is -0.168. The summed E-state index contributed by atoms with van der Waals surface area (Å²) in [4.78, 5) is 13.1. The molecule has 1 fully saturated rings. The number of carbonyl (C=O) groups is 1. The molecule has 12 heavy (non-hydrogen) atoms. The molecular weight excluding hydrogens is 152 g/mol. The van der Waals surface area contributed by atoms with E-state index in [1.807, 2.05) is 4.90 Å². The minimum atomic E-state index is 0.0844.